The fraction of sp³-hybridized carbons (Fsp3) is 0.918. The molecule has 11 heteroatoms. The first-order valence-corrected chi connectivity index (χ1v) is 23.0. The first kappa shape index (κ1) is 50.6. The van der Waals surface area contributed by atoms with Crippen LogP contribution in [0.5, 0.6) is 0 Å². The van der Waals surface area contributed by atoms with E-state index in [9.17, 15) is 19.2 Å². The van der Waals surface area contributed by atoms with Crippen molar-refractivity contribution in [2.75, 3.05) is 28.2 Å². The van der Waals surface area contributed by atoms with E-state index in [0.29, 0.717) is 38.5 Å². The van der Waals surface area contributed by atoms with Crippen molar-refractivity contribution < 1.29 is 33.4 Å². The van der Waals surface area contributed by atoms with Gasteiger partial charge in [0.05, 0.1) is 18.3 Å². The Morgan fingerprint density at radius 2 is 0.667 bits per heavy atom. The Morgan fingerprint density at radius 1 is 0.417 bits per heavy atom. The molecule has 0 aliphatic carbocycles. The summed E-state index contributed by atoms with van der Waals surface area (Å²) in [5.41, 5.74) is -1.79. The van der Waals surface area contributed by atoms with Crippen molar-refractivity contribution in [3.63, 3.8) is 0 Å². The van der Waals surface area contributed by atoms with Gasteiger partial charge in [-0.1, -0.05) is 0 Å². The molecule has 2 atom stereocenters. The molecular formula is C49H88N4O7. The van der Waals surface area contributed by atoms with Crippen LogP contribution in [0.2, 0.25) is 0 Å². The SMILES string of the molecule is CN1C(C)(C)CC(CC(=O)CC(C(=O)OC2CC(C)(C)N(C)C(C)(C)C2)C(CC(=O)OC2CC(C)(C)N(C)C(C)(C)C2)C(=O)OC2CC(C)(C)N(C)C(C)(C)C2)CC1(C)C. The average molecular weight is 845 g/mol. The van der Waals surface area contributed by atoms with E-state index in [0.717, 1.165) is 12.8 Å². The third kappa shape index (κ3) is 11.3. The van der Waals surface area contributed by atoms with Gasteiger partial charge in [0.1, 0.15) is 24.1 Å². The summed E-state index contributed by atoms with van der Waals surface area (Å²) in [6.45, 7) is 34.6. The molecule has 4 rings (SSSR count). The monoisotopic (exact) mass is 845 g/mol. The molecule has 4 heterocycles. The molecule has 4 aliphatic heterocycles. The second kappa shape index (κ2) is 17.1. The van der Waals surface area contributed by atoms with Gasteiger partial charge >= 0.3 is 17.9 Å². The van der Waals surface area contributed by atoms with Crippen LogP contribution in [0.4, 0.5) is 0 Å². The standard InChI is InChI=1S/C49H88N4O7/c1-42(2)24-32(25-43(3,4)50(42)17)21-33(54)22-37(40(56)59-35-28-46(9,10)52(19)47(11,12)29-35)38(41(57)60-36-30-48(13,14)53(20)49(15,16)31-36)23-39(55)58-34-26-44(5,6)51(18)45(7,8)27-34/h32,34-38H,21-31H2,1-20H3. The van der Waals surface area contributed by atoms with Gasteiger partial charge in [-0.2, -0.15) is 0 Å². The van der Waals surface area contributed by atoms with Crippen molar-refractivity contribution in [3.05, 3.63) is 0 Å². The maximum Gasteiger partial charge on any atom is 0.310 e. The third-order valence-electron chi connectivity index (χ3n) is 16.5. The van der Waals surface area contributed by atoms with E-state index in [-0.39, 0.29) is 81.4 Å². The highest BCUT2D eigenvalue weighted by Gasteiger charge is 2.51. The van der Waals surface area contributed by atoms with Gasteiger partial charge in [-0.3, -0.25) is 38.8 Å². The van der Waals surface area contributed by atoms with Gasteiger partial charge in [0.2, 0.25) is 0 Å². The van der Waals surface area contributed by atoms with Gasteiger partial charge in [-0.25, -0.2) is 0 Å². The highest BCUT2D eigenvalue weighted by Crippen LogP contribution is 2.44. The van der Waals surface area contributed by atoms with E-state index < -0.39 is 42.0 Å². The van der Waals surface area contributed by atoms with Crippen LogP contribution < -0.4 is 0 Å². The third-order valence-corrected chi connectivity index (χ3v) is 16.5. The number of ketones is 1. The lowest BCUT2D eigenvalue weighted by Gasteiger charge is -2.53. The van der Waals surface area contributed by atoms with E-state index in [1.165, 1.54) is 0 Å². The number of hydrogen-bond donors (Lipinski definition) is 0. The van der Waals surface area contributed by atoms with Gasteiger partial charge < -0.3 is 14.2 Å². The van der Waals surface area contributed by atoms with Crippen molar-refractivity contribution in [1.82, 2.24) is 19.6 Å². The number of carbonyl (C=O) groups is 4. The minimum absolute atomic E-state index is 0.0982. The van der Waals surface area contributed by atoms with Crippen LogP contribution in [0.3, 0.4) is 0 Å². The molecular weight excluding hydrogens is 757 g/mol. The second-order valence-corrected chi connectivity index (χ2v) is 24.8. The molecule has 4 saturated heterocycles. The molecule has 0 amide bonds. The first-order valence-electron chi connectivity index (χ1n) is 23.0. The van der Waals surface area contributed by atoms with Crippen LogP contribution in [0.25, 0.3) is 0 Å². The molecule has 4 fully saturated rings. The zero-order valence-corrected chi connectivity index (χ0v) is 41.9. The molecule has 2 unspecified atom stereocenters. The van der Waals surface area contributed by atoms with E-state index in [2.05, 4.69) is 159 Å². The summed E-state index contributed by atoms with van der Waals surface area (Å²) >= 11 is 0. The zero-order chi connectivity index (χ0) is 46.0. The predicted octanol–water partition coefficient (Wildman–Crippen LogP) is 8.44. The molecule has 0 aromatic rings. The number of Topliss-reactive ketones (excluding diaryl/α,β-unsaturated/α-hetero) is 1. The molecule has 0 bridgehead atoms. The minimum Gasteiger partial charge on any atom is -0.462 e. The number of likely N-dealkylation sites (tertiary alicyclic amines) is 4. The molecule has 346 valence electrons. The summed E-state index contributed by atoms with van der Waals surface area (Å²) in [5.74, 6) is -4.30. The Morgan fingerprint density at radius 3 is 0.967 bits per heavy atom. The van der Waals surface area contributed by atoms with Crippen LogP contribution in [0, 0.1) is 17.8 Å². The molecule has 0 aromatic carbocycles. The van der Waals surface area contributed by atoms with Crippen molar-refractivity contribution in [2.45, 2.75) is 244 Å². The van der Waals surface area contributed by atoms with E-state index in [1.807, 2.05) is 0 Å². The fourth-order valence-corrected chi connectivity index (χ4v) is 12.2. The van der Waals surface area contributed by atoms with Crippen LogP contribution >= 0.6 is 0 Å². The number of nitrogens with zero attached hydrogens (tertiary/aromatic N) is 4. The van der Waals surface area contributed by atoms with Crippen molar-refractivity contribution >= 4 is 23.7 Å². The Bertz CT molecular complexity index is 1410. The highest BCUT2D eigenvalue weighted by molar-refractivity contribution is 5.90. The minimum atomic E-state index is -1.26. The Labute approximate surface area is 365 Å². The zero-order valence-electron chi connectivity index (χ0n) is 41.9. The molecule has 4 aliphatic rings. The largest absolute Gasteiger partial charge is 0.462 e. The van der Waals surface area contributed by atoms with Gasteiger partial charge in [0, 0.05) is 95.7 Å². The van der Waals surface area contributed by atoms with Crippen molar-refractivity contribution in [2.24, 2.45) is 17.8 Å². The average Bonchev–Trinajstić information content (AvgIpc) is 3.04. The normalized spacial score (nSPS) is 28.3. The number of piperidine rings is 4. The summed E-state index contributed by atoms with van der Waals surface area (Å²) in [6, 6.07) is 0. The van der Waals surface area contributed by atoms with E-state index in [4.69, 9.17) is 14.2 Å². The Balaban J connectivity index is 1.72. The van der Waals surface area contributed by atoms with Gasteiger partial charge in [0.15, 0.2) is 0 Å². The van der Waals surface area contributed by atoms with Crippen molar-refractivity contribution in [3.8, 4) is 0 Å². The summed E-state index contributed by atoms with van der Waals surface area (Å²) in [4.78, 5) is 67.9. The summed E-state index contributed by atoms with van der Waals surface area (Å²) < 4.78 is 19.1. The molecule has 60 heavy (non-hydrogen) atoms. The number of esters is 3. The molecule has 0 spiro atoms. The topological polar surface area (TPSA) is 109 Å². The first-order chi connectivity index (χ1) is 26.9. The highest BCUT2D eigenvalue weighted by atomic mass is 16.6. The molecule has 0 saturated carbocycles. The maximum absolute atomic E-state index is 14.9. The summed E-state index contributed by atoms with van der Waals surface area (Å²) in [5, 5.41) is 0. The van der Waals surface area contributed by atoms with Crippen LogP contribution in [0.15, 0.2) is 0 Å². The maximum atomic E-state index is 14.9. The van der Waals surface area contributed by atoms with Gasteiger partial charge in [-0.05, 0) is 158 Å². The number of rotatable bonds is 12. The lowest BCUT2D eigenvalue weighted by molar-refractivity contribution is -0.180. The molecule has 0 radical (unpaired) electrons. The summed E-state index contributed by atoms with van der Waals surface area (Å²) in [7, 11) is 8.44. The molecule has 0 N–H and O–H groups in total. The van der Waals surface area contributed by atoms with Gasteiger partial charge in [0.25, 0.3) is 0 Å². The van der Waals surface area contributed by atoms with Crippen LogP contribution in [-0.4, -0.2) is 134 Å². The van der Waals surface area contributed by atoms with Crippen LogP contribution in [-0.2, 0) is 33.4 Å². The molecule has 0 aromatic heterocycles. The second-order valence-electron chi connectivity index (χ2n) is 24.8. The van der Waals surface area contributed by atoms with Crippen molar-refractivity contribution in [1.29, 1.82) is 0 Å². The Hall–Kier alpha value is -2.08. The lowest BCUT2D eigenvalue weighted by Crippen LogP contribution is -2.61. The number of ether oxygens (including phenoxy) is 3. The quantitative estimate of drug-likeness (QED) is 0.140. The van der Waals surface area contributed by atoms with Gasteiger partial charge in [-0.15, -0.1) is 0 Å². The number of carbonyl (C=O) groups excluding carboxylic acids is 4. The molecule has 11 nitrogen and oxygen atoms in total. The predicted molar refractivity (Wildman–Crippen MR) is 240 cm³/mol. The van der Waals surface area contributed by atoms with E-state index in [1.54, 1.807) is 0 Å². The fourth-order valence-electron chi connectivity index (χ4n) is 12.2. The summed E-state index contributed by atoms with van der Waals surface area (Å²) in [6.07, 6.45) is 3.71. The van der Waals surface area contributed by atoms with E-state index >= 15 is 0 Å². The lowest BCUT2D eigenvalue weighted by atomic mass is 9.72. The van der Waals surface area contributed by atoms with Crippen LogP contribution in [0.1, 0.15) is 181 Å². The smallest absolute Gasteiger partial charge is 0.310 e. The number of hydrogen-bond acceptors (Lipinski definition) is 11. The Kier molecular flexibility index (Phi) is 14.4.